The minimum atomic E-state index is 0.356. The molecule has 0 aromatic heterocycles. The molecule has 2 heteroatoms. The van der Waals surface area contributed by atoms with Gasteiger partial charge in [0.2, 0.25) is 0 Å². The highest BCUT2D eigenvalue weighted by Gasteiger charge is 2.04. The van der Waals surface area contributed by atoms with E-state index in [-0.39, 0.29) is 0 Å². The van der Waals surface area contributed by atoms with Crippen LogP contribution in [0.25, 0.3) is 11.1 Å². The third kappa shape index (κ3) is 4.91. The summed E-state index contributed by atoms with van der Waals surface area (Å²) >= 11 is 0. The predicted octanol–water partition coefficient (Wildman–Crippen LogP) is 4.94. The molecule has 0 radical (unpaired) electrons. The number of benzene rings is 2. The minimum Gasteiger partial charge on any atom is -0.494 e. The summed E-state index contributed by atoms with van der Waals surface area (Å²) in [6, 6.07) is 18.7. The predicted molar refractivity (Wildman–Crippen MR) is 87.7 cm³/mol. The van der Waals surface area contributed by atoms with Gasteiger partial charge in [-0.3, -0.25) is 0 Å². The number of methoxy groups -OCH3 is 1. The van der Waals surface area contributed by atoms with E-state index in [9.17, 15) is 0 Å². The second-order valence-corrected chi connectivity index (χ2v) is 5.15. The van der Waals surface area contributed by atoms with E-state index in [0.717, 1.165) is 31.6 Å². The second-order valence-electron chi connectivity index (χ2n) is 5.15. The average molecular weight is 284 g/mol. The zero-order valence-electron chi connectivity index (χ0n) is 12.9. The Labute approximate surface area is 127 Å². The van der Waals surface area contributed by atoms with E-state index in [1.165, 1.54) is 11.1 Å². The number of hydrogen-bond donors (Lipinski definition) is 0. The first kappa shape index (κ1) is 15.6. The molecule has 0 heterocycles. The van der Waals surface area contributed by atoms with Crippen molar-refractivity contribution in [3.63, 3.8) is 0 Å². The SMILES string of the molecule is CCC(CCCOc1ccc(-c2ccccc2)cc1)OC. The Morgan fingerprint density at radius 1 is 0.905 bits per heavy atom. The molecule has 0 N–H and O–H groups in total. The van der Waals surface area contributed by atoms with Gasteiger partial charge in [-0.2, -0.15) is 0 Å². The van der Waals surface area contributed by atoms with Crippen molar-refractivity contribution in [2.45, 2.75) is 32.3 Å². The summed E-state index contributed by atoms with van der Waals surface area (Å²) in [5.74, 6) is 0.931. The summed E-state index contributed by atoms with van der Waals surface area (Å²) in [4.78, 5) is 0. The Bertz CT molecular complexity index is 501. The molecular formula is C19H24O2. The lowest BCUT2D eigenvalue weighted by atomic mass is 10.1. The quantitative estimate of drug-likeness (QED) is 0.639. The van der Waals surface area contributed by atoms with Gasteiger partial charge in [0.15, 0.2) is 0 Å². The molecule has 0 aliphatic rings. The van der Waals surface area contributed by atoms with E-state index in [1.54, 1.807) is 7.11 Å². The zero-order valence-corrected chi connectivity index (χ0v) is 12.9. The van der Waals surface area contributed by atoms with E-state index in [2.05, 4.69) is 43.3 Å². The van der Waals surface area contributed by atoms with E-state index < -0.39 is 0 Å². The van der Waals surface area contributed by atoms with Crippen molar-refractivity contribution in [2.24, 2.45) is 0 Å². The molecule has 0 aliphatic carbocycles. The minimum absolute atomic E-state index is 0.356. The fourth-order valence-corrected chi connectivity index (χ4v) is 2.36. The molecular weight excluding hydrogens is 260 g/mol. The van der Waals surface area contributed by atoms with Crippen molar-refractivity contribution >= 4 is 0 Å². The maximum atomic E-state index is 5.78. The van der Waals surface area contributed by atoms with Crippen LogP contribution in [0.3, 0.4) is 0 Å². The van der Waals surface area contributed by atoms with Crippen LogP contribution in [0, 0.1) is 0 Å². The van der Waals surface area contributed by atoms with Crippen molar-refractivity contribution in [3.05, 3.63) is 54.6 Å². The third-order valence-corrected chi connectivity index (χ3v) is 3.69. The first-order valence-corrected chi connectivity index (χ1v) is 7.64. The van der Waals surface area contributed by atoms with Gasteiger partial charge in [-0.05, 0) is 42.5 Å². The van der Waals surface area contributed by atoms with Gasteiger partial charge < -0.3 is 9.47 Å². The standard InChI is InChI=1S/C19H24O2/c1-3-18(20-2)10-7-15-21-19-13-11-17(12-14-19)16-8-5-4-6-9-16/h4-6,8-9,11-14,18H,3,7,10,15H2,1-2H3. The Hall–Kier alpha value is -1.80. The lowest BCUT2D eigenvalue weighted by Gasteiger charge is -2.13. The summed E-state index contributed by atoms with van der Waals surface area (Å²) in [6.45, 7) is 2.89. The Morgan fingerprint density at radius 3 is 2.19 bits per heavy atom. The van der Waals surface area contributed by atoms with Crippen molar-refractivity contribution in [1.29, 1.82) is 0 Å². The van der Waals surface area contributed by atoms with Crippen LogP contribution in [-0.4, -0.2) is 19.8 Å². The van der Waals surface area contributed by atoms with E-state index in [1.807, 2.05) is 18.2 Å². The summed E-state index contributed by atoms with van der Waals surface area (Å²) in [5, 5.41) is 0. The van der Waals surface area contributed by atoms with Crippen LogP contribution in [0.15, 0.2) is 54.6 Å². The Kier molecular flexibility index (Phi) is 6.29. The molecule has 21 heavy (non-hydrogen) atoms. The first-order chi connectivity index (χ1) is 10.3. The van der Waals surface area contributed by atoms with Crippen LogP contribution in [0.1, 0.15) is 26.2 Å². The molecule has 112 valence electrons. The fraction of sp³-hybridized carbons (Fsp3) is 0.368. The molecule has 0 saturated heterocycles. The van der Waals surface area contributed by atoms with Crippen molar-refractivity contribution in [3.8, 4) is 16.9 Å². The summed E-state index contributed by atoms with van der Waals surface area (Å²) < 4.78 is 11.1. The summed E-state index contributed by atoms with van der Waals surface area (Å²) in [5.41, 5.74) is 2.45. The molecule has 1 unspecified atom stereocenters. The number of rotatable bonds is 8. The molecule has 2 nitrogen and oxygen atoms in total. The van der Waals surface area contributed by atoms with Gasteiger partial charge in [-0.15, -0.1) is 0 Å². The maximum absolute atomic E-state index is 5.78. The summed E-state index contributed by atoms with van der Waals surface area (Å²) in [7, 11) is 1.78. The molecule has 0 aliphatic heterocycles. The fourth-order valence-electron chi connectivity index (χ4n) is 2.36. The smallest absolute Gasteiger partial charge is 0.119 e. The highest BCUT2D eigenvalue weighted by molar-refractivity contribution is 5.63. The van der Waals surface area contributed by atoms with Crippen LogP contribution in [-0.2, 0) is 4.74 Å². The van der Waals surface area contributed by atoms with Crippen LogP contribution >= 0.6 is 0 Å². The number of hydrogen-bond acceptors (Lipinski definition) is 2. The molecule has 0 spiro atoms. The molecule has 2 rings (SSSR count). The van der Waals surface area contributed by atoms with Gasteiger partial charge in [-0.1, -0.05) is 49.4 Å². The molecule has 0 amide bonds. The second kappa shape index (κ2) is 8.48. The molecule has 2 aromatic carbocycles. The molecule has 0 saturated carbocycles. The van der Waals surface area contributed by atoms with Gasteiger partial charge in [0, 0.05) is 7.11 Å². The average Bonchev–Trinajstić information content (AvgIpc) is 2.56. The third-order valence-electron chi connectivity index (χ3n) is 3.69. The van der Waals surface area contributed by atoms with Crippen LogP contribution < -0.4 is 4.74 Å². The van der Waals surface area contributed by atoms with Crippen LogP contribution in [0.5, 0.6) is 5.75 Å². The lowest BCUT2D eigenvalue weighted by molar-refractivity contribution is 0.0862. The summed E-state index contributed by atoms with van der Waals surface area (Å²) in [6.07, 6.45) is 3.48. The lowest BCUT2D eigenvalue weighted by Crippen LogP contribution is -2.10. The largest absolute Gasteiger partial charge is 0.494 e. The molecule has 0 bridgehead atoms. The van der Waals surface area contributed by atoms with Crippen molar-refractivity contribution in [2.75, 3.05) is 13.7 Å². The van der Waals surface area contributed by atoms with E-state index >= 15 is 0 Å². The first-order valence-electron chi connectivity index (χ1n) is 7.64. The Balaban J connectivity index is 1.80. The Morgan fingerprint density at radius 2 is 1.57 bits per heavy atom. The van der Waals surface area contributed by atoms with E-state index in [0.29, 0.717) is 6.10 Å². The van der Waals surface area contributed by atoms with Gasteiger partial charge >= 0.3 is 0 Å². The van der Waals surface area contributed by atoms with Gasteiger partial charge in [0.25, 0.3) is 0 Å². The molecule has 2 aromatic rings. The topological polar surface area (TPSA) is 18.5 Å². The van der Waals surface area contributed by atoms with Gasteiger partial charge in [0.05, 0.1) is 12.7 Å². The van der Waals surface area contributed by atoms with Crippen molar-refractivity contribution in [1.82, 2.24) is 0 Å². The maximum Gasteiger partial charge on any atom is 0.119 e. The van der Waals surface area contributed by atoms with Gasteiger partial charge in [0.1, 0.15) is 5.75 Å². The number of ether oxygens (including phenoxy) is 2. The van der Waals surface area contributed by atoms with E-state index in [4.69, 9.17) is 9.47 Å². The van der Waals surface area contributed by atoms with Crippen molar-refractivity contribution < 1.29 is 9.47 Å². The van der Waals surface area contributed by atoms with Crippen LogP contribution in [0.4, 0.5) is 0 Å². The zero-order chi connectivity index (χ0) is 14.9. The van der Waals surface area contributed by atoms with Gasteiger partial charge in [-0.25, -0.2) is 0 Å². The highest BCUT2D eigenvalue weighted by atomic mass is 16.5. The normalized spacial score (nSPS) is 12.1. The molecule has 0 fully saturated rings. The molecule has 1 atom stereocenters. The monoisotopic (exact) mass is 284 g/mol. The van der Waals surface area contributed by atoms with Crippen LogP contribution in [0.2, 0.25) is 0 Å². The highest BCUT2D eigenvalue weighted by Crippen LogP contribution is 2.22.